The van der Waals surface area contributed by atoms with Crippen molar-refractivity contribution >= 4 is 37.3 Å². The summed E-state index contributed by atoms with van der Waals surface area (Å²) in [6.45, 7) is 4.06. The zero-order chi connectivity index (χ0) is 18.4. The molecule has 1 heterocycles. The molecule has 7 heteroatoms. The van der Waals surface area contributed by atoms with Gasteiger partial charge in [-0.2, -0.15) is 4.99 Å². The second-order valence-electron chi connectivity index (χ2n) is 6.09. The molecule has 25 heavy (non-hydrogen) atoms. The lowest BCUT2D eigenvalue weighted by Gasteiger charge is -2.02. The minimum Gasteiger partial charge on any atom is -0.319 e. The van der Waals surface area contributed by atoms with Gasteiger partial charge in [0.1, 0.15) is 0 Å². The Balaban J connectivity index is 2.13. The molecular formula is C18H18N2O3S2. The van der Waals surface area contributed by atoms with Crippen molar-refractivity contribution in [3.05, 3.63) is 57.9 Å². The van der Waals surface area contributed by atoms with Crippen LogP contribution in [0.3, 0.4) is 0 Å². The van der Waals surface area contributed by atoms with E-state index in [0.29, 0.717) is 4.80 Å². The molecule has 130 valence electrons. The molecule has 0 atom stereocenters. The molecule has 2 aromatic carbocycles. The number of sulfone groups is 1. The maximum atomic E-state index is 12.5. The van der Waals surface area contributed by atoms with Gasteiger partial charge in [-0.1, -0.05) is 23.5 Å². The Morgan fingerprint density at radius 3 is 2.56 bits per heavy atom. The molecule has 0 saturated carbocycles. The van der Waals surface area contributed by atoms with Gasteiger partial charge in [0.2, 0.25) is 0 Å². The normalized spacial score (nSPS) is 12.7. The van der Waals surface area contributed by atoms with Crippen molar-refractivity contribution in [3.8, 4) is 0 Å². The predicted molar refractivity (Wildman–Crippen MR) is 99.7 cm³/mol. The molecule has 0 radical (unpaired) electrons. The highest BCUT2D eigenvalue weighted by Gasteiger charge is 2.12. The van der Waals surface area contributed by atoms with Crippen LogP contribution in [-0.4, -0.2) is 25.1 Å². The van der Waals surface area contributed by atoms with E-state index in [4.69, 9.17) is 0 Å². The van der Waals surface area contributed by atoms with Gasteiger partial charge >= 0.3 is 0 Å². The van der Waals surface area contributed by atoms with Crippen LogP contribution in [0.5, 0.6) is 0 Å². The fourth-order valence-electron chi connectivity index (χ4n) is 2.80. The standard InChI is InChI=1S/C18H18N2O3S2/c1-11-8-12(2)16-15(9-11)24-18(20(16)3)19-17(21)13-6-5-7-14(10-13)25(4,22)23/h5-10H,1-4H3. The van der Waals surface area contributed by atoms with Crippen LogP contribution in [0.25, 0.3) is 10.2 Å². The van der Waals surface area contributed by atoms with E-state index in [1.54, 1.807) is 12.1 Å². The maximum absolute atomic E-state index is 12.5. The number of benzene rings is 2. The average Bonchev–Trinajstić information content (AvgIpc) is 2.82. The van der Waals surface area contributed by atoms with Crippen LogP contribution in [-0.2, 0) is 16.9 Å². The predicted octanol–water partition coefficient (Wildman–Crippen LogP) is 3.00. The van der Waals surface area contributed by atoms with Gasteiger partial charge in [0.15, 0.2) is 14.6 Å². The van der Waals surface area contributed by atoms with Crippen LogP contribution in [0.1, 0.15) is 21.5 Å². The molecule has 5 nitrogen and oxygen atoms in total. The Hall–Kier alpha value is -2.25. The zero-order valence-corrected chi connectivity index (χ0v) is 16.0. The van der Waals surface area contributed by atoms with Gasteiger partial charge in [0, 0.05) is 18.9 Å². The lowest BCUT2D eigenvalue weighted by Crippen LogP contribution is -2.14. The van der Waals surface area contributed by atoms with Gasteiger partial charge in [-0.15, -0.1) is 0 Å². The van der Waals surface area contributed by atoms with E-state index < -0.39 is 15.7 Å². The van der Waals surface area contributed by atoms with E-state index in [-0.39, 0.29) is 10.5 Å². The van der Waals surface area contributed by atoms with Gasteiger partial charge in [-0.3, -0.25) is 4.79 Å². The highest BCUT2D eigenvalue weighted by molar-refractivity contribution is 7.90. The van der Waals surface area contributed by atoms with Crippen molar-refractivity contribution in [2.45, 2.75) is 18.7 Å². The molecule has 3 aromatic rings. The summed E-state index contributed by atoms with van der Waals surface area (Å²) in [4.78, 5) is 17.4. The SMILES string of the molecule is Cc1cc(C)c2c(c1)sc(=NC(=O)c1cccc(S(C)(=O)=O)c1)n2C. The third kappa shape index (κ3) is 3.43. The number of nitrogens with zero attached hydrogens (tertiary/aromatic N) is 2. The molecule has 0 spiro atoms. The number of rotatable bonds is 2. The summed E-state index contributed by atoms with van der Waals surface area (Å²) >= 11 is 1.44. The van der Waals surface area contributed by atoms with Gasteiger partial charge in [0.05, 0.1) is 15.1 Å². The number of aryl methyl sites for hydroxylation is 3. The number of aromatic nitrogens is 1. The van der Waals surface area contributed by atoms with E-state index in [9.17, 15) is 13.2 Å². The lowest BCUT2D eigenvalue weighted by atomic mass is 10.1. The van der Waals surface area contributed by atoms with E-state index in [1.165, 1.54) is 23.5 Å². The van der Waals surface area contributed by atoms with Crippen molar-refractivity contribution in [1.29, 1.82) is 0 Å². The zero-order valence-electron chi connectivity index (χ0n) is 14.4. The average molecular weight is 374 g/mol. The highest BCUT2D eigenvalue weighted by Crippen LogP contribution is 2.22. The molecular weight excluding hydrogens is 356 g/mol. The summed E-state index contributed by atoms with van der Waals surface area (Å²) in [7, 11) is -1.49. The van der Waals surface area contributed by atoms with Crippen molar-refractivity contribution in [3.63, 3.8) is 0 Å². The molecule has 0 saturated heterocycles. The molecule has 1 aromatic heterocycles. The van der Waals surface area contributed by atoms with E-state index >= 15 is 0 Å². The molecule has 0 unspecified atom stereocenters. The summed E-state index contributed by atoms with van der Waals surface area (Å²) in [6.07, 6.45) is 1.12. The highest BCUT2D eigenvalue weighted by atomic mass is 32.2. The number of amides is 1. The number of hydrogen-bond acceptors (Lipinski definition) is 4. The van der Waals surface area contributed by atoms with Crippen molar-refractivity contribution in [1.82, 2.24) is 4.57 Å². The first kappa shape index (κ1) is 17.6. The van der Waals surface area contributed by atoms with Gasteiger partial charge < -0.3 is 4.57 Å². The Morgan fingerprint density at radius 1 is 1.16 bits per heavy atom. The second kappa shape index (κ2) is 6.24. The van der Waals surface area contributed by atoms with Crippen molar-refractivity contribution in [2.75, 3.05) is 6.26 Å². The smallest absolute Gasteiger partial charge is 0.279 e. The number of hydrogen-bond donors (Lipinski definition) is 0. The number of thiazole rings is 1. The van der Waals surface area contributed by atoms with Gasteiger partial charge in [-0.05, 0) is 49.2 Å². The number of fused-ring (bicyclic) bond motifs is 1. The lowest BCUT2D eigenvalue weighted by molar-refractivity contribution is 0.0997. The second-order valence-corrected chi connectivity index (χ2v) is 9.11. The van der Waals surface area contributed by atoms with Crippen LogP contribution in [0.2, 0.25) is 0 Å². The molecule has 3 rings (SSSR count). The van der Waals surface area contributed by atoms with Crippen molar-refractivity contribution in [2.24, 2.45) is 12.0 Å². The van der Waals surface area contributed by atoms with E-state index in [0.717, 1.165) is 27.6 Å². The topological polar surface area (TPSA) is 68.5 Å². The van der Waals surface area contributed by atoms with Crippen molar-refractivity contribution < 1.29 is 13.2 Å². The number of carbonyl (C=O) groups excluding carboxylic acids is 1. The van der Waals surface area contributed by atoms with E-state index in [2.05, 4.69) is 17.1 Å². The molecule has 1 amide bonds. The summed E-state index contributed by atoms with van der Waals surface area (Å²) in [5.74, 6) is -0.456. The minimum atomic E-state index is -3.37. The van der Waals surface area contributed by atoms with E-state index in [1.807, 2.05) is 25.5 Å². The third-order valence-electron chi connectivity index (χ3n) is 3.94. The molecule has 0 aliphatic heterocycles. The first-order valence-corrected chi connectivity index (χ1v) is 10.3. The molecule has 0 N–H and O–H groups in total. The van der Waals surface area contributed by atoms with Crippen LogP contribution in [0, 0.1) is 13.8 Å². The minimum absolute atomic E-state index is 0.112. The summed E-state index contributed by atoms with van der Waals surface area (Å²) in [6, 6.07) is 10.1. The Labute approximate surface area is 150 Å². The van der Waals surface area contributed by atoms with Crippen LogP contribution >= 0.6 is 11.3 Å². The van der Waals surface area contributed by atoms with Crippen LogP contribution in [0.15, 0.2) is 46.3 Å². The van der Waals surface area contributed by atoms with Gasteiger partial charge in [-0.25, -0.2) is 8.42 Å². The quantitative estimate of drug-likeness (QED) is 0.692. The maximum Gasteiger partial charge on any atom is 0.279 e. The summed E-state index contributed by atoms with van der Waals surface area (Å²) < 4.78 is 26.3. The first-order valence-electron chi connectivity index (χ1n) is 7.63. The molecule has 0 aliphatic carbocycles. The summed E-state index contributed by atoms with van der Waals surface area (Å²) in [5.41, 5.74) is 3.59. The number of carbonyl (C=O) groups is 1. The molecule has 0 fully saturated rings. The van der Waals surface area contributed by atoms with Crippen LogP contribution in [0.4, 0.5) is 0 Å². The Morgan fingerprint density at radius 2 is 1.88 bits per heavy atom. The Bertz CT molecular complexity index is 1170. The first-order chi connectivity index (χ1) is 11.7. The summed E-state index contributed by atoms with van der Waals surface area (Å²) in [5, 5.41) is 0. The van der Waals surface area contributed by atoms with Crippen LogP contribution < -0.4 is 4.80 Å². The molecule has 0 bridgehead atoms. The fourth-order valence-corrected chi connectivity index (χ4v) is 4.66. The third-order valence-corrected chi connectivity index (χ3v) is 6.13. The Kier molecular flexibility index (Phi) is 4.38. The monoisotopic (exact) mass is 374 g/mol. The fraction of sp³-hybridized carbons (Fsp3) is 0.222. The largest absolute Gasteiger partial charge is 0.319 e. The van der Waals surface area contributed by atoms with Gasteiger partial charge in [0.25, 0.3) is 5.91 Å². The molecule has 0 aliphatic rings.